The molecule has 0 unspecified atom stereocenters. The third kappa shape index (κ3) is 6.22. The first-order chi connectivity index (χ1) is 16.5. The van der Waals surface area contributed by atoms with E-state index in [1.165, 1.54) is 25.1 Å². The molecule has 4 nitrogen and oxygen atoms in total. The van der Waals surface area contributed by atoms with Crippen LogP contribution in [0.25, 0.3) is 0 Å². The van der Waals surface area contributed by atoms with Gasteiger partial charge in [0.1, 0.15) is 11.6 Å². The van der Waals surface area contributed by atoms with Gasteiger partial charge in [-0.3, -0.25) is 4.90 Å². The fraction of sp³-hybridized carbons (Fsp3) is 0.393. The summed E-state index contributed by atoms with van der Waals surface area (Å²) >= 11 is 3.81. The molecule has 2 aliphatic rings. The number of methoxy groups -OCH3 is 1. The highest BCUT2D eigenvalue weighted by atomic mass is 35.5. The lowest BCUT2D eigenvalue weighted by Crippen LogP contribution is -2.53. The maximum Gasteiger partial charge on any atom is 0.138 e. The molecular formula is C28H35Cl2N3OS2. The highest BCUT2D eigenvalue weighted by Crippen LogP contribution is 2.45. The lowest BCUT2D eigenvalue weighted by molar-refractivity contribution is 0.134. The second kappa shape index (κ2) is 12.7. The number of thiophene rings is 1. The van der Waals surface area contributed by atoms with Crippen molar-refractivity contribution < 1.29 is 4.74 Å². The van der Waals surface area contributed by atoms with Crippen LogP contribution in [-0.2, 0) is 6.42 Å². The van der Waals surface area contributed by atoms with Gasteiger partial charge in [-0.1, -0.05) is 49.9 Å². The average Bonchev–Trinajstić information content (AvgIpc) is 3.20. The van der Waals surface area contributed by atoms with E-state index < -0.39 is 0 Å². The monoisotopic (exact) mass is 563 g/mol. The van der Waals surface area contributed by atoms with Crippen molar-refractivity contribution >= 4 is 59.4 Å². The van der Waals surface area contributed by atoms with E-state index in [4.69, 9.17) is 9.73 Å². The highest BCUT2D eigenvalue weighted by molar-refractivity contribution is 8.01. The molecule has 2 aliphatic heterocycles. The van der Waals surface area contributed by atoms with Crippen molar-refractivity contribution in [3.8, 4) is 5.75 Å². The molecule has 8 heteroatoms. The van der Waals surface area contributed by atoms with Gasteiger partial charge in [0.15, 0.2) is 0 Å². The molecule has 1 atom stereocenters. The minimum Gasteiger partial charge on any atom is -0.497 e. The Bertz CT molecular complexity index is 1180. The van der Waals surface area contributed by atoms with Crippen LogP contribution in [0.3, 0.4) is 0 Å². The normalized spacial score (nSPS) is 17.3. The molecule has 0 saturated carbocycles. The first-order valence-electron chi connectivity index (χ1n) is 12.1. The van der Waals surface area contributed by atoms with Crippen molar-refractivity contribution in [2.24, 2.45) is 4.99 Å². The smallest absolute Gasteiger partial charge is 0.138 e. The van der Waals surface area contributed by atoms with Gasteiger partial charge >= 0.3 is 0 Å². The summed E-state index contributed by atoms with van der Waals surface area (Å²) in [6.45, 7) is 7.63. The zero-order valence-corrected chi connectivity index (χ0v) is 24.5. The van der Waals surface area contributed by atoms with Crippen molar-refractivity contribution in [3.63, 3.8) is 0 Å². The number of hydrogen-bond donors (Lipinski definition) is 0. The van der Waals surface area contributed by atoms with Crippen LogP contribution in [0.5, 0.6) is 5.75 Å². The number of piperazine rings is 1. The summed E-state index contributed by atoms with van der Waals surface area (Å²) in [7, 11) is 3.99. The Kier molecular flexibility index (Phi) is 10.2. The van der Waals surface area contributed by atoms with Gasteiger partial charge < -0.3 is 9.64 Å². The van der Waals surface area contributed by atoms with Gasteiger partial charge in [0, 0.05) is 41.0 Å². The fourth-order valence-corrected chi connectivity index (χ4v) is 7.07. The molecule has 3 heterocycles. The van der Waals surface area contributed by atoms with E-state index in [-0.39, 0.29) is 24.8 Å². The molecule has 3 aromatic rings. The number of aliphatic imine (C=N–C) groups is 1. The van der Waals surface area contributed by atoms with Crippen LogP contribution in [0.15, 0.2) is 68.7 Å². The largest absolute Gasteiger partial charge is 0.497 e. The Morgan fingerprint density at radius 1 is 1.06 bits per heavy atom. The van der Waals surface area contributed by atoms with Crippen LogP contribution < -0.4 is 4.74 Å². The van der Waals surface area contributed by atoms with Gasteiger partial charge in [0.2, 0.25) is 0 Å². The van der Waals surface area contributed by atoms with E-state index in [2.05, 4.69) is 85.3 Å². The van der Waals surface area contributed by atoms with E-state index in [1.54, 1.807) is 7.11 Å². The predicted molar refractivity (Wildman–Crippen MR) is 159 cm³/mol. The Morgan fingerprint density at radius 2 is 1.81 bits per heavy atom. The maximum atomic E-state index is 5.31. The summed E-state index contributed by atoms with van der Waals surface area (Å²) in [6, 6.07) is 20.0. The minimum atomic E-state index is 0. The molecule has 1 aromatic heterocycles. The molecule has 1 saturated heterocycles. The van der Waals surface area contributed by atoms with Gasteiger partial charge in [-0.25, -0.2) is 4.99 Å². The number of fused-ring (bicyclic) bond motifs is 2. The molecular weight excluding hydrogens is 529 g/mol. The summed E-state index contributed by atoms with van der Waals surface area (Å²) in [5.41, 5.74) is 3.77. The van der Waals surface area contributed by atoms with Crippen LogP contribution in [-0.4, -0.2) is 55.5 Å². The number of hydrogen-bond acceptors (Lipinski definition) is 6. The Labute approximate surface area is 236 Å². The third-order valence-corrected chi connectivity index (χ3v) is 9.52. The average molecular weight is 565 g/mol. The summed E-state index contributed by atoms with van der Waals surface area (Å²) in [5, 5.41) is 0. The molecule has 2 aromatic carbocycles. The molecule has 0 amide bonds. The number of ether oxygens (including phenoxy) is 1. The van der Waals surface area contributed by atoms with E-state index in [1.807, 2.05) is 23.1 Å². The standard InChI is InChI=1S/C28H33N3OS2.2ClH/c1-19(2)26-17-23-27(29-24-7-5-6-8-25(24)33-28(23)34-26)31-16-15-30(3)21(18-31)12-9-20-10-13-22(32-4)14-11-20;;/h5-8,10-11,13-14,17,19,21H,9,12,15-16,18H2,1-4H3;2*1H/t21-;;/m0../s1. The van der Waals surface area contributed by atoms with Crippen molar-refractivity contribution in [1.29, 1.82) is 0 Å². The Hall–Kier alpha value is -1.70. The van der Waals surface area contributed by atoms with E-state index in [0.29, 0.717) is 12.0 Å². The molecule has 5 rings (SSSR count). The predicted octanol–water partition coefficient (Wildman–Crippen LogP) is 7.52. The van der Waals surface area contributed by atoms with Crippen LogP contribution in [0.1, 0.15) is 42.2 Å². The van der Waals surface area contributed by atoms with Crippen molar-refractivity contribution in [2.45, 2.75) is 47.8 Å². The SMILES string of the molecule is COc1ccc(CC[C@H]2CN(C3=Nc4ccccc4Sc4sc(C(C)C)cc43)CCN2C)cc1.Cl.Cl. The van der Waals surface area contributed by atoms with E-state index >= 15 is 0 Å². The van der Waals surface area contributed by atoms with Crippen LogP contribution in [0.2, 0.25) is 0 Å². The lowest BCUT2D eigenvalue weighted by Gasteiger charge is -2.41. The highest BCUT2D eigenvalue weighted by Gasteiger charge is 2.30. The van der Waals surface area contributed by atoms with Gasteiger partial charge in [0.05, 0.1) is 17.0 Å². The zero-order valence-electron chi connectivity index (χ0n) is 21.3. The zero-order chi connectivity index (χ0) is 23.7. The topological polar surface area (TPSA) is 28.1 Å². The molecule has 36 heavy (non-hydrogen) atoms. The summed E-state index contributed by atoms with van der Waals surface area (Å²) in [4.78, 5) is 13.0. The number of amidine groups is 1. The molecule has 0 aliphatic carbocycles. The van der Waals surface area contributed by atoms with E-state index in [9.17, 15) is 0 Å². The summed E-state index contributed by atoms with van der Waals surface area (Å²) < 4.78 is 6.69. The number of halogens is 2. The molecule has 0 spiro atoms. The number of nitrogens with zero attached hydrogens (tertiary/aromatic N) is 3. The molecule has 194 valence electrons. The van der Waals surface area contributed by atoms with Crippen LogP contribution in [0.4, 0.5) is 5.69 Å². The molecule has 0 N–H and O–H groups in total. The number of rotatable bonds is 5. The molecule has 0 radical (unpaired) electrons. The second-order valence-corrected chi connectivity index (χ2v) is 11.9. The number of benzene rings is 2. The number of para-hydroxylation sites is 1. The third-order valence-electron chi connectivity index (χ3n) is 6.82. The maximum absolute atomic E-state index is 5.31. The number of aryl methyl sites for hydroxylation is 1. The Balaban J connectivity index is 0.00000180. The first-order valence-corrected chi connectivity index (χ1v) is 13.7. The van der Waals surface area contributed by atoms with Crippen molar-refractivity contribution in [3.05, 3.63) is 70.6 Å². The fourth-order valence-electron chi connectivity index (χ4n) is 4.64. The van der Waals surface area contributed by atoms with Gasteiger partial charge in [0.25, 0.3) is 0 Å². The lowest BCUT2D eigenvalue weighted by atomic mass is 10.0. The van der Waals surface area contributed by atoms with Crippen molar-refractivity contribution in [1.82, 2.24) is 9.80 Å². The van der Waals surface area contributed by atoms with Crippen LogP contribution >= 0.6 is 47.9 Å². The Morgan fingerprint density at radius 3 is 2.53 bits per heavy atom. The van der Waals surface area contributed by atoms with Gasteiger partial charge in [-0.05, 0) is 61.7 Å². The minimum absolute atomic E-state index is 0. The number of likely N-dealkylation sites (N-methyl/N-ethyl adjacent to an activating group) is 1. The van der Waals surface area contributed by atoms with Gasteiger partial charge in [-0.15, -0.1) is 36.2 Å². The molecule has 1 fully saturated rings. The summed E-state index contributed by atoms with van der Waals surface area (Å²) in [5.74, 6) is 2.60. The summed E-state index contributed by atoms with van der Waals surface area (Å²) in [6.07, 6.45) is 2.20. The molecule has 0 bridgehead atoms. The quantitative estimate of drug-likeness (QED) is 0.321. The van der Waals surface area contributed by atoms with Gasteiger partial charge in [-0.2, -0.15) is 0 Å². The van der Waals surface area contributed by atoms with Crippen LogP contribution in [0, 0.1) is 0 Å². The van der Waals surface area contributed by atoms with E-state index in [0.717, 1.165) is 49.7 Å². The second-order valence-electron chi connectivity index (χ2n) is 9.48. The van der Waals surface area contributed by atoms with Crippen molar-refractivity contribution in [2.75, 3.05) is 33.8 Å². The first kappa shape index (κ1) is 28.9.